The van der Waals surface area contributed by atoms with Crippen LogP contribution in [0.25, 0.3) is 0 Å². The van der Waals surface area contributed by atoms with Gasteiger partial charge < -0.3 is 4.90 Å². The maximum Gasteiger partial charge on any atom is 0.223 e. The summed E-state index contributed by atoms with van der Waals surface area (Å²) >= 11 is 0. The molecule has 1 atom stereocenters. The summed E-state index contributed by atoms with van der Waals surface area (Å²) in [4.78, 5) is 16.4. The molecular formula is C17H26N2O3S. The van der Waals surface area contributed by atoms with Gasteiger partial charge in [0, 0.05) is 44.9 Å². The minimum Gasteiger partial charge on any atom is -0.341 e. The SMILES string of the molecule is CC1CCN(C(=O)CCS(C)(=O)=O)CCN1Cc1ccccc1. The summed E-state index contributed by atoms with van der Waals surface area (Å²) in [6.07, 6.45) is 2.18. The molecule has 0 aromatic heterocycles. The Balaban J connectivity index is 1.91. The highest BCUT2D eigenvalue weighted by Crippen LogP contribution is 2.15. The second kappa shape index (κ2) is 7.93. The van der Waals surface area contributed by atoms with Crippen LogP contribution in [0.2, 0.25) is 0 Å². The van der Waals surface area contributed by atoms with Crippen LogP contribution in [-0.4, -0.2) is 61.8 Å². The number of benzene rings is 1. The fraction of sp³-hybridized carbons (Fsp3) is 0.588. The van der Waals surface area contributed by atoms with E-state index in [1.54, 1.807) is 0 Å². The lowest BCUT2D eigenvalue weighted by atomic mass is 10.1. The highest BCUT2D eigenvalue weighted by atomic mass is 32.2. The Labute approximate surface area is 139 Å². The zero-order valence-corrected chi connectivity index (χ0v) is 14.8. The van der Waals surface area contributed by atoms with Gasteiger partial charge in [-0.2, -0.15) is 0 Å². The van der Waals surface area contributed by atoms with Gasteiger partial charge in [0.1, 0.15) is 9.84 Å². The van der Waals surface area contributed by atoms with Crippen molar-refractivity contribution in [3.63, 3.8) is 0 Å². The molecule has 0 spiro atoms. The van der Waals surface area contributed by atoms with E-state index in [1.807, 2.05) is 23.1 Å². The highest BCUT2D eigenvalue weighted by molar-refractivity contribution is 7.90. The molecule has 0 saturated carbocycles. The summed E-state index contributed by atoms with van der Waals surface area (Å²) in [5.41, 5.74) is 1.27. The lowest BCUT2D eigenvalue weighted by molar-refractivity contribution is -0.130. The number of nitrogens with zero attached hydrogens (tertiary/aromatic N) is 2. The lowest BCUT2D eigenvalue weighted by Gasteiger charge is -2.26. The largest absolute Gasteiger partial charge is 0.341 e. The molecule has 1 unspecified atom stereocenters. The van der Waals surface area contributed by atoms with Gasteiger partial charge in [-0.05, 0) is 18.9 Å². The maximum absolute atomic E-state index is 12.2. The fourth-order valence-electron chi connectivity index (χ4n) is 2.84. The van der Waals surface area contributed by atoms with Gasteiger partial charge in [-0.15, -0.1) is 0 Å². The molecular weight excluding hydrogens is 312 g/mol. The molecule has 0 bridgehead atoms. The summed E-state index contributed by atoms with van der Waals surface area (Å²) in [7, 11) is -3.09. The first kappa shape index (κ1) is 17.9. The Morgan fingerprint density at radius 1 is 1.17 bits per heavy atom. The van der Waals surface area contributed by atoms with Gasteiger partial charge in [0.2, 0.25) is 5.91 Å². The molecule has 1 heterocycles. The Morgan fingerprint density at radius 3 is 2.52 bits per heavy atom. The van der Waals surface area contributed by atoms with E-state index >= 15 is 0 Å². The average molecular weight is 338 g/mol. The molecule has 1 saturated heterocycles. The molecule has 5 nitrogen and oxygen atoms in total. The summed E-state index contributed by atoms with van der Waals surface area (Å²) in [6.45, 7) is 5.26. The normalized spacial score (nSPS) is 20.3. The summed E-state index contributed by atoms with van der Waals surface area (Å²) in [5, 5.41) is 0. The molecule has 1 aliphatic rings. The van der Waals surface area contributed by atoms with Crippen LogP contribution in [0.4, 0.5) is 0 Å². The van der Waals surface area contributed by atoms with E-state index in [2.05, 4.69) is 24.0 Å². The van der Waals surface area contributed by atoms with Crippen LogP contribution in [0.15, 0.2) is 30.3 Å². The first-order valence-electron chi connectivity index (χ1n) is 8.08. The van der Waals surface area contributed by atoms with Crippen LogP contribution < -0.4 is 0 Å². The van der Waals surface area contributed by atoms with Crippen LogP contribution in [0.1, 0.15) is 25.3 Å². The predicted molar refractivity (Wildman–Crippen MR) is 91.8 cm³/mol. The average Bonchev–Trinajstić information content (AvgIpc) is 2.68. The number of carbonyl (C=O) groups is 1. The Bertz CT molecular complexity index is 616. The van der Waals surface area contributed by atoms with Crippen molar-refractivity contribution in [1.29, 1.82) is 0 Å². The van der Waals surface area contributed by atoms with E-state index in [0.29, 0.717) is 19.1 Å². The molecule has 0 N–H and O–H groups in total. The number of amides is 1. The number of hydrogen-bond donors (Lipinski definition) is 0. The number of hydrogen-bond acceptors (Lipinski definition) is 4. The highest BCUT2D eigenvalue weighted by Gasteiger charge is 2.24. The molecule has 1 aliphatic heterocycles. The van der Waals surface area contributed by atoms with Crippen LogP contribution in [0.3, 0.4) is 0 Å². The molecule has 2 rings (SSSR count). The number of sulfone groups is 1. The van der Waals surface area contributed by atoms with Gasteiger partial charge in [-0.25, -0.2) is 8.42 Å². The molecule has 1 amide bonds. The predicted octanol–water partition coefficient (Wildman–Crippen LogP) is 1.54. The van der Waals surface area contributed by atoms with Gasteiger partial charge in [0.25, 0.3) is 0 Å². The van der Waals surface area contributed by atoms with E-state index in [-0.39, 0.29) is 18.1 Å². The standard InChI is InChI=1S/C17H26N2O3S/c1-15-8-10-18(17(20)9-13-23(2,21)22)11-12-19(15)14-16-6-4-3-5-7-16/h3-7,15H,8-14H2,1-2H3. The molecule has 1 fully saturated rings. The fourth-order valence-corrected chi connectivity index (χ4v) is 3.39. The molecule has 1 aromatic rings. The Hall–Kier alpha value is -1.40. The molecule has 0 radical (unpaired) electrons. The van der Waals surface area contributed by atoms with Crippen molar-refractivity contribution in [1.82, 2.24) is 9.80 Å². The summed E-state index contributed by atoms with van der Waals surface area (Å²) < 4.78 is 22.4. The minimum absolute atomic E-state index is 0.0517. The van der Waals surface area contributed by atoms with E-state index in [4.69, 9.17) is 0 Å². The third-order valence-corrected chi connectivity index (χ3v) is 5.31. The topological polar surface area (TPSA) is 57.7 Å². The van der Waals surface area contributed by atoms with E-state index < -0.39 is 9.84 Å². The molecule has 128 valence electrons. The van der Waals surface area contributed by atoms with Crippen molar-refractivity contribution in [3.8, 4) is 0 Å². The van der Waals surface area contributed by atoms with Gasteiger partial charge in [0.15, 0.2) is 0 Å². The zero-order valence-electron chi connectivity index (χ0n) is 13.9. The third-order valence-electron chi connectivity index (χ3n) is 4.37. The van der Waals surface area contributed by atoms with E-state index in [9.17, 15) is 13.2 Å². The van der Waals surface area contributed by atoms with Crippen LogP contribution in [0.5, 0.6) is 0 Å². The smallest absolute Gasteiger partial charge is 0.223 e. The van der Waals surface area contributed by atoms with Crippen molar-refractivity contribution in [2.75, 3.05) is 31.6 Å². The van der Waals surface area contributed by atoms with E-state index in [0.717, 1.165) is 19.5 Å². The van der Waals surface area contributed by atoms with Gasteiger partial charge in [-0.3, -0.25) is 9.69 Å². The van der Waals surface area contributed by atoms with Crippen LogP contribution in [-0.2, 0) is 21.2 Å². The van der Waals surface area contributed by atoms with Crippen molar-refractivity contribution >= 4 is 15.7 Å². The van der Waals surface area contributed by atoms with Crippen LogP contribution >= 0.6 is 0 Å². The van der Waals surface area contributed by atoms with Gasteiger partial charge in [0.05, 0.1) is 5.75 Å². The van der Waals surface area contributed by atoms with Crippen molar-refractivity contribution in [2.45, 2.75) is 32.4 Å². The molecule has 1 aromatic carbocycles. The third kappa shape index (κ3) is 5.95. The summed E-state index contributed by atoms with van der Waals surface area (Å²) in [6, 6.07) is 10.7. The first-order chi connectivity index (χ1) is 10.8. The lowest BCUT2D eigenvalue weighted by Crippen LogP contribution is -2.36. The number of rotatable bonds is 5. The van der Waals surface area contributed by atoms with Gasteiger partial charge in [-0.1, -0.05) is 30.3 Å². The second-order valence-electron chi connectivity index (χ2n) is 6.35. The van der Waals surface area contributed by atoms with Crippen molar-refractivity contribution in [3.05, 3.63) is 35.9 Å². The minimum atomic E-state index is -3.09. The van der Waals surface area contributed by atoms with E-state index in [1.165, 1.54) is 11.8 Å². The van der Waals surface area contributed by atoms with Gasteiger partial charge >= 0.3 is 0 Å². The second-order valence-corrected chi connectivity index (χ2v) is 8.61. The quantitative estimate of drug-likeness (QED) is 0.817. The molecule has 23 heavy (non-hydrogen) atoms. The monoisotopic (exact) mass is 338 g/mol. The maximum atomic E-state index is 12.2. The number of carbonyl (C=O) groups excluding carboxylic acids is 1. The Morgan fingerprint density at radius 2 is 1.87 bits per heavy atom. The summed E-state index contributed by atoms with van der Waals surface area (Å²) in [5.74, 6) is -0.116. The van der Waals surface area contributed by atoms with Crippen LogP contribution in [0, 0.1) is 0 Å². The Kier molecular flexibility index (Phi) is 6.18. The molecule has 0 aliphatic carbocycles. The first-order valence-corrected chi connectivity index (χ1v) is 10.1. The van der Waals surface area contributed by atoms with Crippen molar-refractivity contribution in [2.24, 2.45) is 0 Å². The molecule has 6 heteroatoms. The van der Waals surface area contributed by atoms with Crippen molar-refractivity contribution < 1.29 is 13.2 Å². The zero-order chi connectivity index (χ0) is 16.9.